The van der Waals surface area contributed by atoms with Gasteiger partial charge in [-0.05, 0) is 72.9 Å². The van der Waals surface area contributed by atoms with Crippen LogP contribution in [0.3, 0.4) is 0 Å². The third-order valence-electron chi connectivity index (χ3n) is 7.50. The Hall–Kier alpha value is -4.12. The molecule has 0 unspecified atom stereocenters. The fraction of sp³-hybridized carbons (Fsp3) is 0.219. The van der Waals surface area contributed by atoms with Gasteiger partial charge < -0.3 is 0 Å². The monoisotopic (exact) mass is 535 g/mol. The van der Waals surface area contributed by atoms with E-state index in [1.165, 1.54) is 28.6 Å². The van der Waals surface area contributed by atoms with E-state index in [1.807, 2.05) is 73.7 Å². The van der Waals surface area contributed by atoms with E-state index in [9.17, 15) is 13.2 Å². The van der Waals surface area contributed by atoms with Gasteiger partial charge in [-0.1, -0.05) is 60.7 Å². The van der Waals surface area contributed by atoms with Crippen LogP contribution in [0.15, 0.2) is 108 Å². The molecule has 1 aromatic heterocycles. The number of hydrogen-bond acceptors (Lipinski definition) is 5. The summed E-state index contributed by atoms with van der Waals surface area (Å²) in [6.07, 6.45) is 3.73. The van der Waals surface area contributed by atoms with Gasteiger partial charge in [0.1, 0.15) is 5.78 Å². The smallest absolute Gasteiger partial charge is 0.243 e. The molecule has 7 heteroatoms. The number of carbonyl (C=O) groups excluding carboxylic acids is 1. The van der Waals surface area contributed by atoms with Gasteiger partial charge in [0.15, 0.2) is 0 Å². The first-order chi connectivity index (χ1) is 18.8. The molecule has 0 spiro atoms. The zero-order valence-electron chi connectivity index (χ0n) is 21.7. The van der Waals surface area contributed by atoms with Crippen molar-refractivity contribution in [2.75, 3.05) is 0 Å². The Morgan fingerprint density at radius 2 is 1.62 bits per heavy atom. The number of sulfonamides is 1. The van der Waals surface area contributed by atoms with Crippen LogP contribution in [-0.4, -0.2) is 23.5 Å². The topological polar surface area (TPSA) is 91.1 Å². The molecule has 0 saturated heterocycles. The number of pyridine rings is 1. The Morgan fingerprint density at radius 3 is 2.21 bits per heavy atom. The van der Waals surface area contributed by atoms with Crippen molar-refractivity contribution in [2.45, 2.75) is 49.1 Å². The zero-order chi connectivity index (χ0) is 27.5. The minimum Gasteiger partial charge on any atom is -0.298 e. The molecular formula is C32H29N3O3S. The number of nitrogens with zero attached hydrogens (tertiary/aromatic N) is 3. The lowest BCUT2D eigenvalue weighted by Crippen LogP contribution is -2.33. The Labute approximate surface area is 229 Å². The van der Waals surface area contributed by atoms with Crippen LogP contribution in [0.1, 0.15) is 53.8 Å². The van der Waals surface area contributed by atoms with E-state index in [2.05, 4.69) is 4.98 Å². The Morgan fingerprint density at radius 1 is 0.949 bits per heavy atom. The number of aromatic nitrogens is 1. The molecule has 196 valence electrons. The molecule has 4 aromatic rings. The van der Waals surface area contributed by atoms with Crippen LogP contribution in [0.2, 0.25) is 0 Å². The van der Waals surface area contributed by atoms with Gasteiger partial charge >= 0.3 is 0 Å². The predicted molar refractivity (Wildman–Crippen MR) is 149 cm³/mol. The van der Waals surface area contributed by atoms with Gasteiger partial charge in [-0.15, -0.1) is 0 Å². The molecule has 1 saturated carbocycles. The number of Topliss-reactive ketones (excluding diaryl/α,β-unsaturated/α-hetero) is 1. The highest BCUT2D eigenvalue weighted by Crippen LogP contribution is 2.49. The van der Waals surface area contributed by atoms with Gasteiger partial charge in [-0.3, -0.25) is 9.78 Å². The zero-order valence-corrected chi connectivity index (χ0v) is 22.5. The number of rotatable bonds is 10. The van der Waals surface area contributed by atoms with E-state index >= 15 is 0 Å². The Bertz CT molecular complexity index is 1590. The van der Waals surface area contributed by atoms with Crippen LogP contribution in [0.4, 0.5) is 0 Å². The van der Waals surface area contributed by atoms with Crippen LogP contribution in [0.25, 0.3) is 0 Å². The summed E-state index contributed by atoms with van der Waals surface area (Å²) in [5.74, 6) is 0.217. The fourth-order valence-corrected chi connectivity index (χ4v) is 6.55. The summed E-state index contributed by atoms with van der Waals surface area (Å²) in [6, 6.07) is 30.4. The Kier molecular flexibility index (Phi) is 7.42. The van der Waals surface area contributed by atoms with E-state index < -0.39 is 16.1 Å². The summed E-state index contributed by atoms with van der Waals surface area (Å²) in [4.78, 5) is 17.7. The fourth-order valence-electron chi connectivity index (χ4n) is 4.96. The van der Waals surface area contributed by atoms with Crippen molar-refractivity contribution in [1.82, 2.24) is 9.29 Å². The highest BCUT2D eigenvalue weighted by molar-refractivity contribution is 7.89. The van der Waals surface area contributed by atoms with Gasteiger partial charge in [0, 0.05) is 18.7 Å². The lowest BCUT2D eigenvalue weighted by Gasteiger charge is -2.29. The molecule has 1 aliphatic carbocycles. The quantitative estimate of drug-likeness (QED) is 0.258. The summed E-state index contributed by atoms with van der Waals surface area (Å²) in [5.41, 5.74) is 3.44. The molecule has 0 N–H and O–H groups in total. The molecule has 39 heavy (non-hydrogen) atoms. The molecular weight excluding hydrogens is 506 g/mol. The Balaban J connectivity index is 1.39. The van der Waals surface area contributed by atoms with Crippen LogP contribution in [0, 0.1) is 11.3 Å². The molecule has 6 nitrogen and oxygen atoms in total. The maximum absolute atomic E-state index is 13.8. The first-order valence-corrected chi connectivity index (χ1v) is 14.4. The van der Waals surface area contributed by atoms with E-state index in [1.54, 1.807) is 18.3 Å². The standard InChI is InChI=1S/C32H29N3O3S/c1-24(27-14-10-25(11-15-27)21-31(36)32(18-19-32)28-7-3-2-4-8-28)35(23-29-9-5-6-20-34-29)39(37,38)30-16-12-26(22-33)13-17-30/h2-17,20,24H,18-19,21,23H2,1H3/t24-/m1/s1. The van der Waals surface area contributed by atoms with Gasteiger partial charge in [0.05, 0.1) is 34.2 Å². The molecule has 0 radical (unpaired) electrons. The molecule has 1 fully saturated rings. The number of carbonyl (C=O) groups is 1. The van der Waals surface area contributed by atoms with Crippen molar-refractivity contribution in [3.05, 3.63) is 131 Å². The van der Waals surface area contributed by atoms with Gasteiger partial charge in [0.25, 0.3) is 0 Å². The lowest BCUT2D eigenvalue weighted by atomic mass is 9.88. The van der Waals surface area contributed by atoms with Crippen LogP contribution >= 0.6 is 0 Å². The highest BCUT2D eigenvalue weighted by atomic mass is 32.2. The summed E-state index contributed by atoms with van der Waals surface area (Å²) in [6.45, 7) is 1.93. The first kappa shape index (κ1) is 26.5. The number of ketones is 1. The second-order valence-corrected chi connectivity index (χ2v) is 11.9. The molecule has 0 bridgehead atoms. The molecule has 1 aliphatic rings. The molecule has 1 heterocycles. The van der Waals surface area contributed by atoms with Gasteiger partial charge in [-0.25, -0.2) is 8.42 Å². The van der Waals surface area contributed by atoms with Crippen LogP contribution in [-0.2, 0) is 33.2 Å². The molecule has 1 atom stereocenters. The predicted octanol–water partition coefficient (Wildman–Crippen LogP) is 5.75. The molecule has 3 aromatic carbocycles. The van der Waals surface area contributed by atoms with Crippen molar-refractivity contribution in [3.8, 4) is 6.07 Å². The normalized spacial score (nSPS) is 14.9. The molecule has 0 aliphatic heterocycles. The number of hydrogen-bond donors (Lipinski definition) is 0. The van der Waals surface area contributed by atoms with Crippen LogP contribution in [0.5, 0.6) is 0 Å². The highest BCUT2D eigenvalue weighted by Gasteiger charge is 2.50. The van der Waals surface area contributed by atoms with Crippen LogP contribution < -0.4 is 0 Å². The van der Waals surface area contributed by atoms with E-state index in [0.29, 0.717) is 17.7 Å². The third kappa shape index (κ3) is 5.53. The molecule has 5 rings (SSSR count). The average molecular weight is 536 g/mol. The third-order valence-corrected chi connectivity index (χ3v) is 9.43. The average Bonchev–Trinajstić information content (AvgIpc) is 3.79. The van der Waals surface area contributed by atoms with Crippen molar-refractivity contribution in [2.24, 2.45) is 0 Å². The van der Waals surface area contributed by atoms with Gasteiger partial charge in [0.2, 0.25) is 10.0 Å². The van der Waals surface area contributed by atoms with Crippen molar-refractivity contribution in [1.29, 1.82) is 5.26 Å². The maximum Gasteiger partial charge on any atom is 0.243 e. The van der Waals surface area contributed by atoms with Gasteiger partial charge in [-0.2, -0.15) is 9.57 Å². The van der Waals surface area contributed by atoms with E-state index in [4.69, 9.17) is 5.26 Å². The second kappa shape index (κ2) is 10.9. The minimum atomic E-state index is -3.91. The van der Waals surface area contributed by atoms with Crippen molar-refractivity contribution >= 4 is 15.8 Å². The number of nitriles is 1. The van der Waals surface area contributed by atoms with E-state index in [0.717, 1.165) is 29.5 Å². The summed E-state index contributed by atoms with van der Waals surface area (Å²) in [7, 11) is -3.91. The number of benzene rings is 3. The lowest BCUT2D eigenvalue weighted by molar-refractivity contribution is -0.120. The first-order valence-electron chi connectivity index (χ1n) is 12.9. The minimum absolute atomic E-state index is 0.0875. The SMILES string of the molecule is C[C@H](c1ccc(CC(=O)C2(c3ccccc3)CC2)cc1)N(Cc1ccccn1)S(=O)(=O)c1ccc(C#N)cc1. The maximum atomic E-state index is 13.8. The summed E-state index contributed by atoms with van der Waals surface area (Å²) >= 11 is 0. The largest absolute Gasteiger partial charge is 0.298 e. The van der Waals surface area contributed by atoms with Crippen molar-refractivity contribution in [3.63, 3.8) is 0 Å². The van der Waals surface area contributed by atoms with Crippen molar-refractivity contribution < 1.29 is 13.2 Å². The summed E-state index contributed by atoms with van der Waals surface area (Å²) < 4.78 is 29.0. The summed E-state index contributed by atoms with van der Waals surface area (Å²) in [5, 5.41) is 9.12. The second-order valence-electron chi connectivity index (χ2n) is 9.97. The molecule has 0 amide bonds. The van der Waals surface area contributed by atoms with E-state index in [-0.39, 0.29) is 22.6 Å².